The summed E-state index contributed by atoms with van der Waals surface area (Å²) in [4.78, 5) is 27.5. The first-order chi connectivity index (χ1) is 14.1. The summed E-state index contributed by atoms with van der Waals surface area (Å²) in [5.41, 5.74) is 4.31. The van der Waals surface area contributed by atoms with Crippen LogP contribution in [0.4, 0.5) is 5.69 Å². The second-order valence-electron chi connectivity index (χ2n) is 7.72. The molecule has 0 aromatic heterocycles. The number of benzene rings is 2. The molecule has 1 aliphatic heterocycles. The first-order valence-electron chi connectivity index (χ1n) is 10.7. The van der Waals surface area contributed by atoms with Gasteiger partial charge in [0.2, 0.25) is 11.8 Å². The van der Waals surface area contributed by atoms with Gasteiger partial charge < -0.3 is 15.1 Å². The van der Waals surface area contributed by atoms with Gasteiger partial charge >= 0.3 is 0 Å². The summed E-state index contributed by atoms with van der Waals surface area (Å²) in [6, 6.07) is 16.2. The number of rotatable bonds is 9. The number of hydrogen-bond donors (Lipinski definition) is 2. The summed E-state index contributed by atoms with van der Waals surface area (Å²) in [5, 5.41) is 3.00. The maximum Gasteiger partial charge on any atom is 0.227 e. The van der Waals surface area contributed by atoms with Crippen molar-refractivity contribution in [3.63, 3.8) is 0 Å². The predicted octanol–water partition coefficient (Wildman–Crippen LogP) is 2.10. The van der Waals surface area contributed by atoms with E-state index in [1.807, 2.05) is 29.2 Å². The van der Waals surface area contributed by atoms with E-state index < -0.39 is 0 Å². The van der Waals surface area contributed by atoms with E-state index in [9.17, 15) is 9.59 Å². The fourth-order valence-electron chi connectivity index (χ4n) is 3.73. The van der Waals surface area contributed by atoms with Crippen LogP contribution in [0, 0.1) is 0 Å². The van der Waals surface area contributed by atoms with Gasteiger partial charge in [0.1, 0.15) is 6.54 Å². The molecule has 0 spiro atoms. The van der Waals surface area contributed by atoms with Gasteiger partial charge in [0.05, 0.1) is 19.5 Å². The van der Waals surface area contributed by atoms with Gasteiger partial charge in [-0.1, -0.05) is 36.4 Å². The van der Waals surface area contributed by atoms with Gasteiger partial charge in [0.25, 0.3) is 0 Å². The third kappa shape index (κ3) is 5.91. The maximum absolute atomic E-state index is 12.3. The van der Waals surface area contributed by atoms with E-state index in [-0.39, 0.29) is 11.8 Å². The molecule has 0 radical (unpaired) electrons. The van der Waals surface area contributed by atoms with Crippen molar-refractivity contribution >= 4 is 17.5 Å². The molecule has 1 fully saturated rings. The van der Waals surface area contributed by atoms with Crippen LogP contribution in [-0.4, -0.2) is 31.4 Å². The number of nitrogens with one attached hydrogen (secondary N) is 2. The quantitative estimate of drug-likeness (QED) is 0.684. The number of carbonyl (C=O) groups excluding carboxylic acids is 2. The zero-order valence-electron chi connectivity index (χ0n) is 17.5. The molecule has 1 saturated heterocycles. The minimum atomic E-state index is 0.00617. The van der Waals surface area contributed by atoms with Crippen LogP contribution >= 0.6 is 0 Å². The molecule has 3 rings (SSSR count). The molecule has 1 aliphatic rings. The highest BCUT2D eigenvalue weighted by Crippen LogP contribution is 2.21. The second kappa shape index (κ2) is 10.2. The molecular weight excluding hydrogens is 362 g/mol. The minimum absolute atomic E-state index is 0.00617. The van der Waals surface area contributed by atoms with E-state index in [0.717, 1.165) is 49.4 Å². The van der Waals surface area contributed by atoms with Crippen molar-refractivity contribution in [2.45, 2.75) is 46.2 Å². The van der Waals surface area contributed by atoms with Crippen LogP contribution < -0.4 is 15.1 Å². The van der Waals surface area contributed by atoms with Gasteiger partial charge in [-0.2, -0.15) is 0 Å². The number of hydrogen-bond acceptors (Lipinski definition) is 2. The molecule has 2 aromatic carbocycles. The molecule has 5 heteroatoms. The Balaban J connectivity index is 1.46. The summed E-state index contributed by atoms with van der Waals surface area (Å²) < 4.78 is 0. The number of anilines is 1. The van der Waals surface area contributed by atoms with Gasteiger partial charge in [0, 0.05) is 30.8 Å². The van der Waals surface area contributed by atoms with Gasteiger partial charge in [-0.3, -0.25) is 9.59 Å². The van der Waals surface area contributed by atoms with E-state index in [1.54, 1.807) is 4.90 Å². The van der Waals surface area contributed by atoms with E-state index in [4.69, 9.17) is 0 Å². The second-order valence-corrected chi connectivity index (χ2v) is 7.72. The molecule has 0 saturated carbocycles. The fourth-order valence-corrected chi connectivity index (χ4v) is 3.73. The van der Waals surface area contributed by atoms with Crippen LogP contribution in [0.25, 0.3) is 0 Å². The lowest BCUT2D eigenvalue weighted by molar-refractivity contribution is -0.910. The number of quaternary nitrogens is 1. The standard InChI is InChI=1S/C24H31N3O2/c1-3-26(4-2)18-21-9-7-20(8-10-21)17-25-23(28)16-19-11-13-22(14-12-19)27-15-5-6-24(27)29/h7-14H,3-6,15-18H2,1-2H3,(H,25,28)/p+1. The minimum Gasteiger partial charge on any atom is -0.352 e. The van der Waals surface area contributed by atoms with Crippen molar-refractivity contribution in [2.24, 2.45) is 0 Å². The van der Waals surface area contributed by atoms with Crippen LogP contribution in [0.15, 0.2) is 48.5 Å². The monoisotopic (exact) mass is 394 g/mol. The molecule has 154 valence electrons. The number of amides is 2. The molecule has 2 amide bonds. The summed E-state index contributed by atoms with van der Waals surface area (Å²) in [6.45, 7) is 9.04. The van der Waals surface area contributed by atoms with Crippen molar-refractivity contribution < 1.29 is 14.5 Å². The lowest BCUT2D eigenvalue weighted by Gasteiger charge is -2.16. The number of carbonyl (C=O) groups is 2. The van der Waals surface area contributed by atoms with Crippen molar-refractivity contribution in [3.05, 3.63) is 65.2 Å². The largest absolute Gasteiger partial charge is 0.352 e. The van der Waals surface area contributed by atoms with Crippen molar-refractivity contribution in [3.8, 4) is 0 Å². The highest BCUT2D eigenvalue weighted by molar-refractivity contribution is 5.95. The third-order valence-electron chi connectivity index (χ3n) is 5.65. The summed E-state index contributed by atoms with van der Waals surface area (Å²) >= 11 is 0. The van der Waals surface area contributed by atoms with Crippen LogP contribution in [0.1, 0.15) is 43.4 Å². The average molecular weight is 395 g/mol. The topological polar surface area (TPSA) is 53.9 Å². The molecule has 1 heterocycles. The molecule has 0 unspecified atom stereocenters. The molecule has 0 bridgehead atoms. The van der Waals surface area contributed by atoms with Gasteiger partial charge in [0.15, 0.2) is 0 Å². The van der Waals surface area contributed by atoms with E-state index >= 15 is 0 Å². The average Bonchev–Trinajstić information content (AvgIpc) is 3.18. The normalized spacial score (nSPS) is 13.9. The molecule has 0 aliphatic carbocycles. The Morgan fingerprint density at radius 2 is 1.59 bits per heavy atom. The molecular formula is C24H32N3O2+. The molecule has 29 heavy (non-hydrogen) atoms. The van der Waals surface area contributed by atoms with Crippen molar-refractivity contribution in [1.82, 2.24) is 5.32 Å². The van der Waals surface area contributed by atoms with Crippen LogP contribution in [-0.2, 0) is 29.1 Å². The van der Waals surface area contributed by atoms with Gasteiger partial charge in [-0.25, -0.2) is 0 Å². The first-order valence-corrected chi connectivity index (χ1v) is 10.7. The zero-order chi connectivity index (χ0) is 20.6. The summed E-state index contributed by atoms with van der Waals surface area (Å²) in [7, 11) is 0. The number of nitrogens with zero attached hydrogens (tertiary/aromatic N) is 1. The SMILES string of the molecule is CC[NH+](CC)Cc1ccc(CNC(=O)Cc2ccc(N3CCCC3=O)cc2)cc1. The van der Waals surface area contributed by atoms with Crippen LogP contribution in [0.5, 0.6) is 0 Å². The molecule has 5 nitrogen and oxygen atoms in total. The molecule has 0 atom stereocenters. The van der Waals surface area contributed by atoms with E-state index in [0.29, 0.717) is 19.4 Å². The molecule has 2 aromatic rings. The van der Waals surface area contributed by atoms with Crippen molar-refractivity contribution in [2.75, 3.05) is 24.5 Å². The lowest BCUT2D eigenvalue weighted by atomic mass is 10.1. The zero-order valence-corrected chi connectivity index (χ0v) is 17.5. The first kappa shape index (κ1) is 21.1. The Morgan fingerprint density at radius 1 is 0.966 bits per heavy atom. The maximum atomic E-state index is 12.3. The lowest BCUT2D eigenvalue weighted by Crippen LogP contribution is -3.10. The summed E-state index contributed by atoms with van der Waals surface area (Å²) in [5.74, 6) is 0.187. The Bertz CT molecular complexity index is 811. The Morgan fingerprint density at radius 3 is 2.17 bits per heavy atom. The van der Waals surface area contributed by atoms with E-state index in [1.165, 1.54) is 5.56 Å². The fraction of sp³-hybridized carbons (Fsp3) is 0.417. The predicted molar refractivity (Wildman–Crippen MR) is 116 cm³/mol. The van der Waals surface area contributed by atoms with Crippen LogP contribution in [0.3, 0.4) is 0 Å². The molecule has 2 N–H and O–H groups in total. The van der Waals surface area contributed by atoms with Gasteiger partial charge in [-0.05, 0) is 43.5 Å². The Hall–Kier alpha value is -2.66. The highest BCUT2D eigenvalue weighted by Gasteiger charge is 2.21. The summed E-state index contributed by atoms with van der Waals surface area (Å²) in [6.07, 6.45) is 1.89. The smallest absolute Gasteiger partial charge is 0.227 e. The van der Waals surface area contributed by atoms with Gasteiger partial charge in [-0.15, -0.1) is 0 Å². The third-order valence-corrected chi connectivity index (χ3v) is 5.65. The Labute approximate surface area is 173 Å². The highest BCUT2D eigenvalue weighted by atomic mass is 16.2. The van der Waals surface area contributed by atoms with Crippen LogP contribution in [0.2, 0.25) is 0 Å². The van der Waals surface area contributed by atoms with E-state index in [2.05, 4.69) is 43.4 Å². The van der Waals surface area contributed by atoms with Crippen molar-refractivity contribution in [1.29, 1.82) is 0 Å². The Kier molecular flexibility index (Phi) is 7.42.